The molecule has 13 heavy (non-hydrogen) atoms. The van der Waals surface area contributed by atoms with Crippen LogP contribution in [0.1, 0.15) is 13.8 Å². The van der Waals surface area contributed by atoms with E-state index in [1.807, 2.05) is 0 Å². The van der Waals surface area contributed by atoms with Crippen molar-refractivity contribution in [2.45, 2.75) is 13.8 Å². The third-order valence-electron chi connectivity index (χ3n) is 1.18. The highest BCUT2D eigenvalue weighted by Crippen LogP contribution is 1.91. The summed E-state index contributed by atoms with van der Waals surface area (Å²) >= 11 is 0. The fourth-order valence-electron chi connectivity index (χ4n) is 0.544. The van der Waals surface area contributed by atoms with Crippen molar-refractivity contribution >= 4 is 11.8 Å². The van der Waals surface area contributed by atoms with Crippen molar-refractivity contribution in [1.29, 1.82) is 0 Å². The van der Waals surface area contributed by atoms with Crippen molar-refractivity contribution in [3.63, 3.8) is 0 Å². The summed E-state index contributed by atoms with van der Waals surface area (Å²) in [6.45, 7) is 9.87. The SMILES string of the molecule is C=CC(=O)N[C](C)NC(=O)C(=C)C. The summed E-state index contributed by atoms with van der Waals surface area (Å²) in [5, 5.41) is 4.84. The Hall–Kier alpha value is -1.58. The van der Waals surface area contributed by atoms with Crippen LogP contribution in [-0.2, 0) is 9.59 Å². The zero-order valence-corrected chi connectivity index (χ0v) is 7.81. The first-order valence-electron chi connectivity index (χ1n) is 3.71. The molecule has 2 amide bonds. The van der Waals surface area contributed by atoms with Crippen LogP contribution in [-0.4, -0.2) is 11.8 Å². The van der Waals surface area contributed by atoms with Crippen LogP contribution in [0.2, 0.25) is 0 Å². The van der Waals surface area contributed by atoms with Gasteiger partial charge in [-0.05, 0) is 19.9 Å². The van der Waals surface area contributed by atoms with Gasteiger partial charge in [-0.1, -0.05) is 13.2 Å². The number of rotatable bonds is 4. The normalized spacial score (nSPS) is 9.15. The van der Waals surface area contributed by atoms with Gasteiger partial charge in [-0.15, -0.1) is 0 Å². The maximum atomic E-state index is 11.0. The molecule has 0 unspecified atom stereocenters. The maximum absolute atomic E-state index is 11.0. The van der Waals surface area contributed by atoms with Gasteiger partial charge in [0.1, 0.15) is 0 Å². The minimum Gasteiger partial charge on any atom is -0.326 e. The lowest BCUT2D eigenvalue weighted by molar-refractivity contribution is -0.118. The van der Waals surface area contributed by atoms with E-state index < -0.39 is 0 Å². The maximum Gasteiger partial charge on any atom is 0.248 e. The van der Waals surface area contributed by atoms with Crippen LogP contribution in [0.4, 0.5) is 0 Å². The smallest absolute Gasteiger partial charge is 0.248 e. The molecule has 71 valence electrons. The van der Waals surface area contributed by atoms with Crippen LogP contribution >= 0.6 is 0 Å². The number of carbonyl (C=O) groups excluding carboxylic acids is 2. The Kier molecular flexibility index (Phi) is 4.51. The van der Waals surface area contributed by atoms with Crippen molar-refractivity contribution < 1.29 is 9.59 Å². The lowest BCUT2D eigenvalue weighted by Crippen LogP contribution is -2.38. The first-order valence-corrected chi connectivity index (χ1v) is 3.71. The van der Waals surface area contributed by atoms with Crippen LogP contribution in [0.25, 0.3) is 0 Å². The molecular weight excluding hydrogens is 168 g/mol. The fraction of sp³-hybridized carbons (Fsp3) is 0.222. The summed E-state index contributed by atoms with van der Waals surface area (Å²) in [5.41, 5.74) is 0.382. The zero-order valence-electron chi connectivity index (χ0n) is 7.81. The molecule has 0 spiro atoms. The molecule has 0 aliphatic rings. The standard InChI is InChI=1S/C9H13N2O2/c1-5-8(12)10-7(4)11-9(13)6(2)3/h5H,1-2H2,3-4H3,(H,10,12)(H,11,13). The summed E-state index contributed by atoms with van der Waals surface area (Å²) in [7, 11) is 0. The second kappa shape index (κ2) is 5.13. The van der Waals surface area contributed by atoms with Crippen molar-refractivity contribution in [1.82, 2.24) is 10.6 Å². The van der Waals surface area contributed by atoms with E-state index in [2.05, 4.69) is 23.8 Å². The van der Waals surface area contributed by atoms with E-state index in [1.54, 1.807) is 13.8 Å². The van der Waals surface area contributed by atoms with Crippen LogP contribution in [0.5, 0.6) is 0 Å². The first-order chi connectivity index (χ1) is 5.97. The summed E-state index contributed by atoms with van der Waals surface area (Å²) in [5.74, 6) is -0.679. The minimum atomic E-state index is -0.362. The van der Waals surface area contributed by atoms with E-state index in [1.165, 1.54) is 0 Å². The third-order valence-corrected chi connectivity index (χ3v) is 1.18. The van der Waals surface area contributed by atoms with Gasteiger partial charge in [0, 0.05) is 5.57 Å². The molecule has 0 saturated heterocycles. The Bertz CT molecular complexity index is 246. The summed E-state index contributed by atoms with van der Waals surface area (Å²) in [4.78, 5) is 21.8. The van der Waals surface area contributed by atoms with Crippen LogP contribution in [0.15, 0.2) is 24.8 Å². The molecule has 0 fully saturated rings. The number of hydrogen-bond donors (Lipinski definition) is 2. The van der Waals surface area contributed by atoms with Crippen molar-refractivity contribution in [2.24, 2.45) is 0 Å². The molecule has 0 aliphatic heterocycles. The molecule has 0 aromatic carbocycles. The molecule has 4 heteroatoms. The third kappa shape index (κ3) is 4.79. The van der Waals surface area contributed by atoms with Crippen LogP contribution < -0.4 is 10.6 Å². The minimum absolute atomic E-state index is 0.318. The lowest BCUT2D eigenvalue weighted by atomic mass is 10.3. The zero-order chi connectivity index (χ0) is 10.4. The van der Waals surface area contributed by atoms with Crippen LogP contribution in [0.3, 0.4) is 0 Å². The summed E-state index contributed by atoms with van der Waals surface area (Å²) in [6.07, 6.45) is 1.48. The lowest BCUT2D eigenvalue weighted by Gasteiger charge is -2.12. The first kappa shape index (κ1) is 11.4. The largest absolute Gasteiger partial charge is 0.326 e. The Morgan fingerprint density at radius 3 is 2.15 bits per heavy atom. The molecule has 2 N–H and O–H groups in total. The van der Waals surface area contributed by atoms with Gasteiger partial charge in [0.2, 0.25) is 11.8 Å². The molecule has 0 atom stereocenters. The Labute approximate surface area is 77.7 Å². The van der Waals surface area contributed by atoms with Crippen molar-refractivity contribution in [2.75, 3.05) is 0 Å². The van der Waals surface area contributed by atoms with Gasteiger partial charge in [-0.2, -0.15) is 0 Å². The molecule has 4 nitrogen and oxygen atoms in total. The molecule has 0 aromatic heterocycles. The van der Waals surface area contributed by atoms with Crippen molar-refractivity contribution in [3.8, 4) is 0 Å². The predicted molar refractivity (Wildman–Crippen MR) is 50.2 cm³/mol. The molecule has 0 heterocycles. The fourth-order valence-corrected chi connectivity index (χ4v) is 0.544. The highest BCUT2D eigenvalue weighted by molar-refractivity contribution is 5.94. The molecule has 1 radical (unpaired) electrons. The van der Waals surface area contributed by atoms with E-state index in [4.69, 9.17) is 0 Å². The van der Waals surface area contributed by atoms with E-state index in [0.29, 0.717) is 11.7 Å². The van der Waals surface area contributed by atoms with Gasteiger partial charge in [0.15, 0.2) is 6.17 Å². The molecular formula is C9H13N2O2. The average molecular weight is 181 g/mol. The Balaban J connectivity index is 3.94. The molecule has 0 saturated carbocycles. The van der Waals surface area contributed by atoms with Gasteiger partial charge in [-0.25, -0.2) is 0 Å². The van der Waals surface area contributed by atoms with Gasteiger partial charge in [0.05, 0.1) is 0 Å². The van der Waals surface area contributed by atoms with E-state index >= 15 is 0 Å². The number of hydrogen-bond acceptors (Lipinski definition) is 2. The van der Waals surface area contributed by atoms with E-state index in [0.717, 1.165) is 6.08 Å². The molecule has 0 aliphatic carbocycles. The second-order valence-corrected chi connectivity index (χ2v) is 2.55. The Morgan fingerprint density at radius 2 is 1.77 bits per heavy atom. The van der Waals surface area contributed by atoms with Gasteiger partial charge < -0.3 is 10.6 Å². The number of nitrogens with one attached hydrogen (secondary N) is 2. The second-order valence-electron chi connectivity index (χ2n) is 2.55. The molecule has 0 aromatic rings. The van der Waals surface area contributed by atoms with E-state index in [9.17, 15) is 9.59 Å². The predicted octanol–water partition coefficient (Wildman–Crippen LogP) is 0.490. The molecule has 0 rings (SSSR count). The van der Waals surface area contributed by atoms with Crippen LogP contribution in [0, 0.1) is 6.17 Å². The van der Waals surface area contributed by atoms with Gasteiger partial charge in [-0.3, -0.25) is 9.59 Å². The number of amides is 2. The van der Waals surface area contributed by atoms with Crippen molar-refractivity contribution in [3.05, 3.63) is 31.0 Å². The summed E-state index contributed by atoms with van der Waals surface area (Å²) < 4.78 is 0. The topological polar surface area (TPSA) is 58.2 Å². The van der Waals surface area contributed by atoms with E-state index in [-0.39, 0.29) is 11.8 Å². The highest BCUT2D eigenvalue weighted by atomic mass is 16.2. The molecule has 0 bridgehead atoms. The highest BCUT2D eigenvalue weighted by Gasteiger charge is 2.09. The quantitative estimate of drug-likeness (QED) is 0.620. The monoisotopic (exact) mass is 181 g/mol. The van der Waals surface area contributed by atoms with Gasteiger partial charge in [0.25, 0.3) is 0 Å². The van der Waals surface area contributed by atoms with Gasteiger partial charge >= 0.3 is 0 Å². The summed E-state index contributed by atoms with van der Waals surface area (Å²) in [6, 6.07) is 0. The Morgan fingerprint density at radius 1 is 1.23 bits per heavy atom. The average Bonchev–Trinajstić information content (AvgIpc) is 2.03. The number of carbonyl (C=O) groups is 2.